The minimum absolute atomic E-state index is 0.198. The first kappa shape index (κ1) is 17.1. The van der Waals surface area contributed by atoms with Crippen LogP contribution in [-0.4, -0.2) is 37.0 Å². The Labute approximate surface area is 156 Å². The number of nitrogens with zero attached hydrogens (tertiary/aromatic N) is 2. The number of carbonyl (C=O) groups excluding carboxylic acids is 1. The van der Waals surface area contributed by atoms with Crippen LogP contribution >= 0.6 is 0 Å². The van der Waals surface area contributed by atoms with Crippen molar-refractivity contribution < 1.29 is 4.79 Å². The van der Waals surface area contributed by atoms with Crippen LogP contribution in [0.2, 0.25) is 0 Å². The fourth-order valence-corrected chi connectivity index (χ4v) is 4.20. The molecule has 2 fully saturated rings. The second-order valence-electron chi connectivity index (χ2n) is 7.97. The van der Waals surface area contributed by atoms with Crippen molar-refractivity contribution in [2.75, 3.05) is 31.1 Å². The second kappa shape index (κ2) is 6.79. The van der Waals surface area contributed by atoms with Crippen LogP contribution in [0.25, 0.3) is 0 Å². The summed E-state index contributed by atoms with van der Waals surface area (Å²) in [4.78, 5) is 17.4. The van der Waals surface area contributed by atoms with Gasteiger partial charge in [-0.2, -0.15) is 0 Å². The van der Waals surface area contributed by atoms with E-state index in [-0.39, 0.29) is 5.92 Å². The first-order valence-corrected chi connectivity index (χ1v) is 9.70. The summed E-state index contributed by atoms with van der Waals surface area (Å²) in [6.07, 6.45) is 1.01. The number of carbonyl (C=O) groups is 1. The molecule has 0 N–H and O–H groups in total. The molecule has 136 valence electrons. The number of amides is 1. The van der Waals surface area contributed by atoms with Crippen LogP contribution in [0.3, 0.4) is 0 Å². The summed E-state index contributed by atoms with van der Waals surface area (Å²) in [5, 5.41) is 0. The summed E-state index contributed by atoms with van der Waals surface area (Å²) < 4.78 is 0. The summed E-state index contributed by atoms with van der Waals surface area (Å²) >= 11 is 0. The van der Waals surface area contributed by atoms with E-state index in [1.807, 2.05) is 0 Å². The highest BCUT2D eigenvalue weighted by Crippen LogP contribution is 2.48. The molecule has 1 saturated heterocycles. The van der Waals surface area contributed by atoms with Crippen LogP contribution in [0.15, 0.2) is 42.5 Å². The minimum Gasteiger partial charge on any atom is -0.368 e. The topological polar surface area (TPSA) is 23.6 Å². The molecule has 1 unspecified atom stereocenters. The van der Waals surface area contributed by atoms with Gasteiger partial charge in [0.2, 0.25) is 5.91 Å². The zero-order valence-electron chi connectivity index (χ0n) is 16.0. The highest BCUT2D eigenvalue weighted by atomic mass is 16.2. The molecule has 0 bridgehead atoms. The number of benzene rings is 2. The van der Waals surface area contributed by atoms with Crippen LogP contribution in [0.5, 0.6) is 0 Å². The SMILES string of the molecule is Cc1cccc(C2C[C@@H]2C(=O)N2CCN(c3cc(C)ccc3C)CC2)c1. The normalized spacial score (nSPS) is 22.4. The molecule has 1 aliphatic heterocycles. The van der Waals surface area contributed by atoms with E-state index in [1.54, 1.807) is 0 Å². The van der Waals surface area contributed by atoms with Crippen LogP contribution in [-0.2, 0) is 4.79 Å². The smallest absolute Gasteiger partial charge is 0.226 e. The van der Waals surface area contributed by atoms with Crippen molar-refractivity contribution in [3.8, 4) is 0 Å². The number of anilines is 1. The van der Waals surface area contributed by atoms with E-state index in [0.717, 1.165) is 32.6 Å². The lowest BCUT2D eigenvalue weighted by molar-refractivity contribution is -0.132. The Hall–Kier alpha value is -2.29. The number of piperazine rings is 1. The highest BCUT2D eigenvalue weighted by Gasteiger charge is 2.46. The molecule has 0 spiro atoms. The molecule has 4 rings (SSSR count). The molecule has 3 heteroatoms. The number of aryl methyl sites for hydroxylation is 3. The van der Waals surface area contributed by atoms with Crippen molar-refractivity contribution >= 4 is 11.6 Å². The van der Waals surface area contributed by atoms with Gasteiger partial charge in [-0.05, 0) is 55.9 Å². The molecule has 2 aromatic carbocycles. The first-order valence-electron chi connectivity index (χ1n) is 9.70. The Bertz CT molecular complexity index is 821. The fourth-order valence-electron chi connectivity index (χ4n) is 4.20. The lowest BCUT2D eigenvalue weighted by Gasteiger charge is -2.37. The fraction of sp³-hybridized carbons (Fsp3) is 0.435. The molecule has 1 aliphatic carbocycles. The quantitative estimate of drug-likeness (QED) is 0.835. The lowest BCUT2D eigenvalue weighted by atomic mass is 10.1. The Kier molecular flexibility index (Phi) is 4.47. The maximum atomic E-state index is 12.9. The average molecular weight is 348 g/mol. The zero-order chi connectivity index (χ0) is 18.3. The minimum atomic E-state index is 0.198. The van der Waals surface area contributed by atoms with Crippen molar-refractivity contribution in [3.05, 3.63) is 64.7 Å². The van der Waals surface area contributed by atoms with Gasteiger partial charge < -0.3 is 9.80 Å². The van der Waals surface area contributed by atoms with E-state index in [9.17, 15) is 4.79 Å². The van der Waals surface area contributed by atoms with Gasteiger partial charge >= 0.3 is 0 Å². The van der Waals surface area contributed by atoms with Crippen LogP contribution in [0, 0.1) is 26.7 Å². The standard InChI is InChI=1S/C23H28N2O/c1-16-5-4-6-19(13-16)20-15-21(20)23(26)25-11-9-24(10-12-25)22-14-17(2)7-8-18(22)3/h4-8,13-14,20-21H,9-12,15H2,1-3H3/t20?,21-/m0/s1. The van der Waals surface area contributed by atoms with E-state index in [2.05, 4.69) is 73.0 Å². The number of hydrogen-bond acceptors (Lipinski definition) is 2. The Morgan fingerprint density at radius 3 is 2.38 bits per heavy atom. The van der Waals surface area contributed by atoms with E-state index in [0.29, 0.717) is 11.8 Å². The third-order valence-electron chi connectivity index (χ3n) is 5.87. The molecule has 2 aromatic rings. The first-order chi connectivity index (χ1) is 12.5. The molecule has 0 aromatic heterocycles. The maximum Gasteiger partial charge on any atom is 0.226 e. The van der Waals surface area contributed by atoms with E-state index >= 15 is 0 Å². The summed E-state index contributed by atoms with van der Waals surface area (Å²) in [5.41, 5.74) is 6.54. The van der Waals surface area contributed by atoms with Crippen molar-refractivity contribution in [1.82, 2.24) is 4.90 Å². The van der Waals surface area contributed by atoms with Gasteiger partial charge in [0, 0.05) is 37.8 Å². The molecule has 1 amide bonds. The second-order valence-corrected chi connectivity index (χ2v) is 7.97. The molecule has 1 saturated carbocycles. The Morgan fingerprint density at radius 1 is 0.923 bits per heavy atom. The molecule has 2 aliphatic rings. The van der Waals surface area contributed by atoms with E-state index in [4.69, 9.17) is 0 Å². The Morgan fingerprint density at radius 2 is 1.65 bits per heavy atom. The van der Waals surface area contributed by atoms with Crippen LogP contribution in [0.1, 0.15) is 34.6 Å². The van der Waals surface area contributed by atoms with Gasteiger partial charge in [0.25, 0.3) is 0 Å². The van der Waals surface area contributed by atoms with Gasteiger partial charge in [-0.25, -0.2) is 0 Å². The van der Waals surface area contributed by atoms with Crippen molar-refractivity contribution in [2.45, 2.75) is 33.1 Å². The zero-order valence-corrected chi connectivity index (χ0v) is 16.0. The highest BCUT2D eigenvalue weighted by molar-refractivity contribution is 5.83. The molecular formula is C23H28N2O. The lowest BCUT2D eigenvalue weighted by Crippen LogP contribution is -2.49. The predicted octanol–water partition coefficient (Wildman–Crippen LogP) is 4.06. The third kappa shape index (κ3) is 3.35. The van der Waals surface area contributed by atoms with Crippen molar-refractivity contribution in [1.29, 1.82) is 0 Å². The third-order valence-corrected chi connectivity index (χ3v) is 5.87. The van der Waals surface area contributed by atoms with E-state index in [1.165, 1.54) is 27.9 Å². The van der Waals surface area contributed by atoms with E-state index < -0.39 is 0 Å². The molecule has 3 nitrogen and oxygen atoms in total. The predicted molar refractivity (Wildman–Crippen MR) is 107 cm³/mol. The Balaban J connectivity index is 1.36. The van der Waals surface area contributed by atoms with Crippen LogP contribution < -0.4 is 4.90 Å². The molecular weight excluding hydrogens is 320 g/mol. The number of rotatable bonds is 3. The molecule has 26 heavy (non-hydrogen) atoms. The van der Waals surface area contributed by atoms with Crippen molar-refractivity contribution in [2.24, 2.45) is 5.92 Å². The van der Waals surface area contributed by atoms with Crippen LogP contribution in [0.4, 0.5) is 5.69 Å². The van der Waals surface area contributed by atoms with Gasteiger partial charge in [0.1, 0.15) is 0 Å². The number of hydrogen-bond donors (Lipinski definition) is 0. The van der Waals surface area contributed by atoms with Crippen molar-refractivity contribution in [3.63, 3.8) is 0 Å². The molecule has 1 heterocycles. The van der Waals surface area contributed by atoms with Gasteiger partial charge in [-0.15, -0.1) is 0 Å². The monoisotopic (exact) mass is 348 g/mol. The summed E-state index contributed by atoms with van der Waals surface area (Å²) in [7, 11) is 0. The van der Waals surface area contributed by atoms with Gasteiger partial charge in [-0.3, -0.25) is 4.79 Å². The molecule has 0 radical (unpaired) electrons. The average Bonchev–Trinajstić information content (AvgIpc) is 3.44. The van der Waals surface area contributed by atoms with Gasteiger partial charge in [-0.1, -0.05) is 42.0 Å². The summed E-state index contributed by atoms with van der Waals surface area (Å²) in [5.74, 6) is 0.987. The summed E-state index contributed by atoms with van der Waals surface area (Å²) in [6, 6.07) is 15.2. The summed E-state index contributed by atoms with van der Waals surface area (Å²) in [6.45, 7) is 9.96. The molecule has 2 atom stereocenters. The largest absolute Gasteiger partial charge is 0.368 e. The van der Waals surface area contributed by atoms with Gasteiger partial charge in [0.05, 0.1) is 0 Å². The van der Waals surface area contributed by atoms with Gasteiger partial charge in [0.15, 0.2) is 0 Å². The maximum absolute atomic E-state index is 12.9.